The normalized spacial score (nSPS) is 27.5. The predicted molar refractivity (Wildman–Crippen MR) is 82.7 cm³/mol. The highest BCUT2D eigenvalue weighted by atomic mass is 32.2. The summed E-state index contributed by atoms with van der Waals surface area (Å²) in [6.45, 7) is 0. The Morgan fingerprint density at radius 3 is 2.36 bits per heavy atom. The number of aliphatic carboxylic acids is 1. The summed E-state index contributed by atoms with van der Waals surface area (Å²) in [4.78, 5) is 10.7. The number of sulfonamides is 1. The molecule has 6 heteroatoms. The average Bonchev–Trinajstić information content (AvgIpc) is 3.04. The molecule has 0 unspecified atom stereocenters. The molecular formula is C16H19NO4S. The van der Waals surface area contributed by atoms with Crippen LogP contribution in [0.25, 0.3) is 6.08 Å². The molecule has 2 aliphatic carbocycles. The van der Waals surface area contributed by atoms with Gasteiger partial charge in [0.25, 0.3) is 0 Å². The second kappa shape index (κ2) is 5.52. The Morgan fingerprint density at radius 2 is 1.86 bits per heavy atom. The van der Waals surface area contributed by atoms with E-state index in [-0.39, 0.29) is 10.4 Å². The zero-order valence-corrected chi connectivity index (χ0v) is 13.0. The molecule has 3 rings (SSSR count). The number of hydrogen-bond acceptors (Lipinski definition) is 3. The van der Waals surface area contributed by atoms with Crippen LogP contribution in [0.2, 0.25) is 0 Å². The summed E-state index contributed by atoms with van der Waals surface area (Å²) < 4.78 is 28.0. The minimum absolute atomic E-state index is 0.227. The van der Waals surface area contributed by atoms with E-state index in [0.717, 1.165) is 38.2 Å². The minimum Gasteiger partial charge on any atom is -0.478 e. The van der Waals surface area contributed by atoms with Gasteiger partial charge in [0.2, 0.25) is 10.0 Å². The first-order chi connectivity index (χ1) is 10.4. The van der Waals surface area contributed by atoms with Gasteiger partial charge in [-0.3, -0.25) is 0 Å². The third kappa shape index (κ3) is 3.08. The fraction of sp³-hybridized carbons (Fsp3) is 0.438. The molecule has 118 valence electrons. The Hall–Kier alpha value is -1.66. The van der Waals surface area contributed by atoms with Crippen molar-refractivity contribution in [2.45, 2.75) is 42.5 Å². The van der Waals surface area contributed by atoms with Crippen LogP contribution in [0, 0.1) is 5.92 Å². The predicted octanol–water partition coefficient (Wildman–Crippen LogP) is 2.40. The van der Waals surface area contributed by atoms with Crippen molar-refractivity contribution in [2.24, 2.45) is 5.92 Å². The number of nitrogens with one attached hydrogen (secondary N) is 1. The largest absolute Gasteiger partial charge is 0.478 e. The Kier molecular flexibility index (Phi) is 3.82. The van der Waals surface area contributed by atoms with Crippen molar-refractivity contribution in [3.05, 3.63) is 35.9 Å². The fourth-order valence-corrected chi connectivity index (χ4v) is 5.07. The van der Waals surface area contributed by atoms with Crippen molar-refractivity contribution in [3.63, 3.8) is 0 Å². The van der Waals surface area contributed by atoms with Crippen LogP contribution >= 0.6 is 0 Å². The summed E-state index contributed by atoms with van der Waals surface area (Å²) in [7, 11) is -3.53. The maximum atomic E-state index is 12.5. The lowest BCUT2D eigenvalue weighted by molar-refractivity contribution is -0.131. The molecule has 0 spiro atoms. The molecule has 0 heterocycles. The molecule has 2 N–H and O–H groups in total. The van der Waals surface area contributed by atoms with Crippen LogP contribution in [0.15, 0.2) is 35.2 Å². The van der Waals surface area contributed by atoms with Crippen molar-refractivity contribution in [1.82, 2.24) is 4.72 Å². The van der Waals surface area contributed by atoms with Gasteiger partial charge in [-0.15, -0.1) is 0 Å². The molecule has 22 heavy (non-hydrogen) atoms. The number of hydrogen-bond donors (Lipinski definition) is 2. The molecule has 0 saturated heterocycles. The number of rotatable bonds is 5. The quantitative estimate of drug-likeness (QED) is 0.816. The fourth-order valence-electron chi connectivity index (χ4n) is 3.60. The molecule has 0 aromatic heterocycles. The molecule has 1 aromatic rings. The Bertz CT molecular complexity index is 698. The highest BCUT2D eigenvalue weighted by molar-refractivity contribution is 7.89. The van der Waals surface area contributed by atoms with Gasteiger partial charge in [0, 0.05) is 11.6 Å². The summed E-state index contributed by atoms with van der Waals surface area (Å²) in [6, 6.07) is 6.25. The first-order valence-electron chi connectivity index (χ1n) is 7.44. The van der Waals surface area contributed by atoms with Crippen LogP contribution in [0.4, 0.5) is 0 Å². The average molecular weight is 321 g/mol. The van der Waals surface area contributed by atoms with Gasteiger partial charge in [-0.2, -0.15) is 0 Å². The maximum absolute atomic E-state index is 12.5. The smallest absolute Gasteiger partial charge is 0.328 e. The third-order valence-corrected chi connectivity index (χ3v) is 6.30. The lowest BCUT2D eigenvalue weighted by Crippen LogP contribution is -2.44. The van der Waals surface area contributed by atoms with E-state index in [0.29, 0.717) is 11.5 Å². The van der Waals surface area contributed by atoms with Crippen molar-refractivity contribution >= 4 is 22.1 Å². The number of carboxylic acid groups (broad SMARTS) is 1. The number of carboxylic acids is 1. The van der Waals surface area contributed by atoms with Gasteiger partial charge in [0.1, 0.15) is 0 Å². The molecule has 2 fully saturated rings. The van der Waals surface area contributed by atoms with E-state index in [4.69, 9.17) is 5.11 Å². The van der Waals surface area contributed by atoms with Gasteiger partial charge in [-0.1, -0.05) is 12.1 Å². The molecule has 0 amide bonds. The van der Waals surface area contributed by atoms with Gasteiger partial charge < -0.3 is 5.11 Å². The number of fused-ring (bicyclic) bond motifs is 2. The van der Waals surface area contributed by atoms with Gasteiger partial charge in [0.15, 0.2) is 0 Å². The molecule has 2 bridgehead atoms. The van der Waals surface area contributed by atoms with Crippen LogP contribution < -0.4 is 4.72 Å². The topological polar surface area (TPSA) is 83.5 Å². The van der Waals surface area contributed by atoms with E-state index >= 15 is 0 Å². The monoisotopic (exact) mass is 321 g/mol. The van der Waals surface area contributed by atoms with Gasteiger partial charge in [-0.05, 0) is 61.8 Å². The summed E-state index contributed by atoms with van der Waals surface area (Å²) in [5, 5.41) is 8.58. The first-order valence-corrected chi connectivity index (χ1v) is 8.92. The third-order valence-electron chi connectivity index (χ3n) is 4.70. The molecule has 0 radical (unpaired) electrons. The first kappa shape index (κ1) is 15.2. The van der Waals surface area contributed by atoms with Crippen LogP contribution in [0.3, 0.4) is 0 Å². The van der Waals surface area contributed by atoms with E-state index in [2.05, 4.69) is 4.72 Å². The summed E-state index contributed by atoms with van der Waals surface area (Å²) in [5.41, 5.74) is 0.409. The van der Waals surface area contributed by atoms with Crippen molar-refractivity contribution in [2.75, 3.05) is 0 Å². The van der Waals surface area contributed by atoms with Crippen LogP contribution in [-0.2, 0) is 14.8 Å². The lowest BCUT2D eigenvalue weighted by Gasteiger charge is -2.27. The second-order valence-corrected chi connectivity index (χ2v) is 7.96. The molecular weight excluding hydrogens is 302 g/mol. The van der Waals surface area contributed by atoms with E-state index in [1.165, 1.54) is 18.2 Å². The molecule has 2 saturated carbocycles. The standard InChI is InChI=1S/C16H19NO4S/c18-15(19)6-3-12-1-4-14(5-2-12)22(20,21)17-16-9-7-13(11-16)8-10-16/h1-6,13,17H,7-11H2,(H,18,19)/b6-3+. The second-order valence-electron chi connectivity index (χ2n) is 6.27. The SMILES string of the molecule is O=C(O)/C=C/c1ccc(S(=O)(=O)NC23CCC(CC2)C3)cc1. The highest BCUT2D eigenvalue weighted by Crippen LogP contribution is 2.48. The molecule has 5 nitrogen and oxygen atoms in total. The molecule has 1 aromatic carbocycles. The van der Waals surface area contributed by atoms with Gasteiger partial charge >= 0.3 is 5.97 Å². The zero-order valence-electron chi connectivity index (χ0n) is 12.2. The Labute approximate surface area is 130 Å². The van der Waals surface area contributed by atoms with E-state index in [9.17, 15) is 13.2 Å². The minimum atomic E-state index is -3.53. The number of benzene rings is 1. The van der Waals surface area contributed by atoms with Crippen molar-refractivity contribution < 1.29 is 18.3 Å². The Morgan fingerprint density at radius 1 is 1.23 bits per heavy atom. The lowest BCUT2D eigenvalue weighted by atomic mass is 9.95. The van der Waals surface area contributed by atoms with E-state index in [1.807, 2.05) is 0 Å². The van der Waals surface area contributed by atoms with Crippen LogP contribution in [-0.4, -0.2) is 25.0 Å². The van der Waals surface area contributed by atoms with Crippen molar-refractivity contribution in [1.29, 1.82) is 0 Å². The van der Waals surface area contributed by atoms with E-state index in [1.54, 1.807) is 12.1 Å². The maximum Gasteiger partial charge on any atom is 0.328 e. The summed E-state index contributed by atoms with van der Waals surface area (Å²) in [6.07, 6.45) is 7.49. The molecule has 0 atom stereocenters. The molecule has 0 aliphatic heterocycles. The zero-order chi connectivity index (χ0) is 15.8. The number of carbonyl (C=O) groups is 1. The molecule has 2 aliphatic rings. The van der Waals surface area contributed by atoms with Gasteiger partial charge in [-0.25, -0.2) is 17.9 Å². The highest BCUT2D eigenvalue weighted by Gasteiger charge is 2.47. The summed E-state index contributed by atoms with van der Waals surface area (Å²) >= 11 is 0. The Balaban J connectivity index is 1.76. The van der Waals surface area contributed by atoms with Crippen LogP contribution in [0.5, 0.6) is 0 Å². The van der Waals surface area contributed by atoms with Crippen molar-refractivity contribution in [3.8, 4) is 0 Å². The van der Waals surface area contributed by atoms with Gasteiger partial charge in [0.05, 0.1) is 4.90 Å². The van der Waals surface area contributed by atoms with Crippen LogP contribution in [0.1, 0.15) is 37.7 Å². The summed E-state index contributed by atoms with van der Waals surface area (Å²) in [5.74, 6) is -0.360. The van der Waals surface area contributed by atoms with E-state index < -0.39 is 16.0 Å².